The summed E-state index contributed by atoms with van der Waals surface area (Å²) < 4.78 is 37.7. The third-order valence-corrected chi connectivity index (χ3v) is 2.95. The molecule has 0 saturated heterocycles. The summed E-state index contributed by atoms with van der Waals surface area (Å²) in [6, 6.07) is 2.24. The monoisotopic (exact) mass is 224 g/mol. The summed E-state index contributed by atoms with van der Waals surface area (Å²) >= 11 is 0. The lowest BCUT2D eigenvalue weighted by molar-refractivity contribution is 0.141. The SMILES string of the molecule is Fc1ccc(F)c2c1OCC1=C2CCOC1. The molecule has 0 saturated carbocycles. The molecule has 84 valence electrons. The second-order valence-electron chi connectivity index (χ2n) is 3.91. The first kappa shape index (κ1) is 9.78. The van der Waals surface area contributed by atoms with E-state index >= 15 is 0 Å². The molecule has 0 fully saturated rings. The molecule has 0 spiro atoms. The third-order valence-electron chi connectivity index (χ3n) is 2.95. The first-order valence-corrected chi connectivity index (χ1v) is 5.17. The second-order valence-corrected chi connectivity index (χ2v) is 3.91. The summed E-state index contributed by atoms with van der Waals surface area (Å²) in [5, 5.41) is 0. The van der Waals surface area contributed by atoms with Crippen LogP contribution in [0.4, 0.5) is 8.78 Å². The van der Waals surface area contributed by atoms with Crippen molar-refractivity contribution in [1.82, 2.24) is 0 Å². The number of fused-ring (bicyclic) bond motifs is 2. The van der Waals surface area contributed by atoms with Crippen molar-refractivity contribution in [3.63, 3.8) is 0 Å². The van der Waals surface area contributed by atoms with Crippen molar-refractivity contribution in [3.8, 4) is 5.75 Å². The molecule has 2 nitrogen and oxygen atoms in total. The van der Waals surface area contributed by atoms with Crippen LogP contribution < -0.4 is 4.74 Å². The van der Waals surface area contributed by atoms with Crippen molar-refractivity contribution in [1.29, 1.82) is 0 Å². The van der Waals surface area contributed by atoms with Crippen LogP contribution in [0.1, 0.15) is 12.0 Å². The molecule has 4 heteroatoms. The third kappa shape index (κ3) is 1.33. The normalized spacial score (nSPS) is 18.9. The molecule has 2 aliphatic rings. The Bertz CT molecular complexity index is 480. The van der Waals surface area contributed by atoms with Crippen LogP contribution in [0.3, 0.4) is 0 Å². The number of halogens is 2. The Balaban J connectivity index is 2.22. The Labute approximate surface area is 91.5 Å². The van der Waals surface area contributed by atoms with Crippen LogP contribution in [0.15, 0.2) is 17.7 Å². The van der Waals surface area contributed by atoms with Gasteiger partial charge >= 0.3 is 0 Å². The smallest absolute Gasteiger partial charge is 0.165 e. The van der Waals surface area contributed by atoms with Crippen molar-refractivity contribution >= 4 is 5.57 Å². The molecule has 0 amide bonds. The zero-order chi connectivity index (χ0) is 11.1. The van der Waals surface area contributed by atoms with E-state index in [0.29, 0.717) is 26.2 Å². The van der Waals surface area contributed by atoms with Crippen molar-refractivity contribution < 1.29 is 18.3 Å². The predicted octanol–water partition coefficient (Wildman–Crippen LogP) is 2.53. The van der Waals surface area contributed by atoms with Gasteiger partial charge in [-0.3, -0.25) is 0 Å². The summed E-state index contributed by atoms with van der Waals surface area (Å²) in [4.78, 5) is 0. The van der Waals surface area contributed by atoms with E-state index in [4.69, 9.17) is 9.47 Å². The number of rotatable bonds is 0. The summed E-state index contributed by atoms with van der Waals surface area (Å²) in [5.41, 5.74) is 2.05. The van der Waals surface area contributed by atoms with Gasteiger partial charge in [0.2, 0.25) is 0 Å². The molecule has 0 bridgehead atoms. The lowest BCUT2D eigenvalue weighted by Gasteiger charge is -2.27. The highest BCUT2D eigenvalue weighted by atomic mass is 19.1. The van der Waals surface area contributed by atoms with E-state index in [2.05, 4.69) is 0 Å². The molecule has 0 aliphatic carbocycles. The lowest BCUT2D eigenvalue weighted by atomic mass is 9.93. The molecule has 16 heavy (non-hydrogen) atoms. The Kier molecular flexibility index (Phi) is 2.17. The van der Waals surface area contributed by atoms with Gasteiger partial charge in [-0.2, -0.15) is 0 Å². The number of benzene rings is 1. The van der Waals surface area contributed by atoms with Gasteiger partial charge in [0.1, 0.15) is 12.4 Å². The van der Waals surface area contributed by atoms with Gasteiger partial charge in [0.05, 0.1) is 18.8 Å². The maximum atomic E-state index is 13.7. The van der Waals surface area contributed by atoms with E-state index < -0.39 is 11.6 Å². The summed E-state index contributed by atoms with van der Waals surface area (Å²) in [6.45, 7) is 1.29. The molecule has 0 N–H and O–H groups in total. The first-order valence-electron chi connectivity index (χ1n) is 5.17. The van der Waals surface area contributed by atoms with Gasteiger partial charge in [-0.25, -0.2) is 8.78 Å². The number of hydrogen-bond donors (Lipinski definition) is 0. The van der Waals surface area contributed by atoms with Crippen LogP contribution in [0.2, 0.25) is 0 Å². The highest BCUT2D eigenvalue weighted by Gasteiger charge is 2.27. The molecular formula is C12H10F2O2. The summed E-state index contributed by atoms with van der Waals surface area (Å²) in [7, 11) is 0. The maximum Gasteiger partial charge on any atom is 0.165 e. The quantitative estimate of drug-likeness (QED) is 0.674. The zero-order valence-corrected chi connectivity index (χ0v) is 8.56. The molecule has 0 radical (unpaired) electrons. The molecular weight excluding hydrogens is 214 g/mol. The topological polar surface area (TPSA) is 18.5 Å². The van der Waals surface area contributed by atoms with Gasteiger partial charge in [-0.1, -0.05) is 0 Å². The molecule has 0 atom stereocenters. The molecule has 0 aromatic heterocycles. The first-order chi connectivity index (χ1) is 7.77. The average Bonchev–Trinajstić information content (AvgIpc) is 2.33. The van der Waals surface area contributed by atoms with Crippen LogP contribution in [0.25, 0.3) is 5.57 Å². The standard InChI is InChI=1S/C12H10F2O2/c13-9-1-2-10(14)12-11(9)8-3-4-15-5-7(8)6-16-12/h1-2H,3-6H2. The fraction of sp³-hybridized carbons (Fsp3) is 0.333. The van der Waals surface area contributed by atoms with Crippen molar-refractivity contribution in [2.24, 2.45) is 0 Å². The van der Waals surface area contributed by atoms with Crippen molar-refractivity contribution in [3.05, 3.63) is 34.9 Å². The zero-order valence-electron chi connectivity index (χ0n) is 8.56. The van der Waals surface area contributed by atoms with E-state index in [1.807, 2.05) is 0 Å². The van der Waals surface area contributed by atoms with Crippen LogP contribution >= 0.6 is 0 Å². The second kappa shape index (κ2) is 3.56. The van der Waals surface area contributed by atoms with E-state index in [9.17, 15) is 8.78 Å². The minimum absolute atomic E-state index is 0.0423. The van der Waals surface area contributed by atoms with E-state index in [0.717, 1.165) is 23.3 Å². The highest BCUT2D eigenvalue weighted by Crippen LogP contribution is 2.39. The maximum absolute atomic E-state index is 13.7. The van der Waals surface area contributed by atoms with E-state index in [1.165, 1.54) is 0 Å². The van der Waals surface area contributed by atoms with Crippen LogP contribution in [0, 0.1) is 11.6 Å². The van der Waals surface area contributed by atoms with Gasteiger partial charge < -0.3 is 9.47 Å². The number of hydrogen-bond acceptors (Lipinski definition) is 2. The molecule has 2 aliphatic heterocycles. The van der Waals surface area contributed by atoms with Gasteiger partial charge in [0, 0.05) is 0 Å². The molecule has 1 aromatic carbocycles. The van der Waals surface area contributed by atoms with Crippen molar-refractivity contribution in [2.75, 3.05) is 19.8 Å². The molecule has 1 aromatic rings. The van der Waals surface area contributed by atoms with Crippen molar-refractivity contribution in [2.45, 2.75) is 6.42 Å². The minimum atomic E-state index is -0.505. The Morgan fingerprint density at radius 2 is 1.88 bits per heavy atom. The van der Waals surface area contributed by atoms with Gasteiger partial charge in [-0.15, -0.1) is 0 Å². The summed E-state index contributed by atoms with van der Waals surface area (Å²) in [5.74, 6) is -0.888. The Morgan fingerprint density at radius 1 is 1.06 bits per heavy atom. The van der Waals surface area contributed by atoms with Gasteiger partial charge in [0.25, 0.3) is 0 Å². The van der Waals surface area contributed by atoms with Gasteiger partial charge in [-0.05, 0) is 29.7 Å². The lowest BCUT2D eigenvalue weighted by Crippen LogP contribution is -2.21. The minimum Gasteiger partial charge on any atom is -0.485 e. The molecule has 3 rings (SSSR count). The van der Waals surface area contributed by atoms with Crippen LogP contribution in [-0.4, -0.2) is 19.8 Å². The summed E-state index contributed by atoms with van der Waals surface area (Å²) in [6.07, 6.45) is 0.617. The van der Waals surface area contributed by atoms with Crippen LogP contribution in [-0.2, 0) is 4.74 Å². The van der Waals surface area contributed by atoms with E-state index in [1.54, 1.807) is 0 Å². The fourth-order valence-electron chi connectivity index (χ4n) is 2.18. The largest absolute Gasteiger partial charge is 0.485 e. The Hall–Kier alpha value is -1.42. The predicted molar refractivity (Wildman–Crippen MR) is 54.2 cm³/mol. The fourth-order valence-corrected chi connectivity index (χ4v) is 2.18. The highest BCUT2D eigenvalue weighted by molar-refractivity contribution is 5.76. The average molecular weight is 224 g/mol. The van der Waals surface area contributed by atoms with E-state index in [-0.39, 0.29) is 11.3 Å². The van der Waals surface area contributed by atoms with Gasteiger partial charge in [0.15, 0.2) is 11.6 Å². The molecule has 0 unspecified atom stereocenters. The molecule has 2 heterocycles. The van der Waals surface area contributed by atoms with Crippen LogP contribution in [0.5, 0.6) is 5.75 Å². The Morgan fingerprint density at radius 3 is 2.75 bits per heavy atom. The number of ether oxygens (including phenoxy) is 2.